The lowest BCUT2D eigenvalue weighted by molar-refractivity contribution is -0.125. The van der Waals surface area contributed by atoms with Gasteiger partial charge in [-0.25, -0.2) is 4.98 Å². The van der Waals surface area contributed by atoms with Crippen LogP contribution >= 0.6 is 0 Å². The summed E-state index contributed by atoms with van der Waals surface area (Å²) in [5.74, 6) is 1.03. The number of nitrogens with one attached hydrogen (secondary N) is 1. The first-order valence-corrected chi connectivity index (χ1v) is 10.8. The molecule has 31 heavy (non-hydrogen) atoms. The van der Waals surface area contributed by atoms with E-state index in [0.29, 0.717) is 25.5 Å². The maximum atomic E-state index is 13.1. The van der Waals surface area contributed by atoms with Gasteiger partial charge in [-0.15, -0.1) is 0 Å². The van der Waals surface area contributed by atoms with Crippen LogP contribution in [0.5, 0.6) is 5.75 Å². The summed E-state index contributed by atoms with van der Waals surface area (Å²) in [6.45, 7) is 4.21. The number of methoxy groups -OCH3 is 1. The molecule has 1 unspecified atom stereocenters. The van der Waals surface area contributed by atoms with Crippen LogP contribution in [0.3, 0.4) is 0 Å². The van der Waals surface area contributed by atoms with E-state index in [1.54, 1.807) is 11.7 Å². The number of anilines is 1. The number of benzene rings is 2. The minimum Gasteiger partial charge on any atom is -0.497 e. The van der Waals surface area contributed by atoms with Gasteiger partial charge in [-0.05, 0) is 49.6 Å². The Morgan fingerprint density at radius 1 is 1.23 bits per heavy atom. The summed E-state index contributed by atoms with van der Waals surface area (Å²) in [6, 6.07) is 15.3. The predicted molar refractivity (Wildman–Crippen MR) is 121 cm³/mol. The summed E-state index contributed by atoms with van der Waals surface area (Å²) < 4.78 is 7.00. The van der Waals surface area contributed by atoms with Crippen LogP contribution < -0.4 is 20.5 Å². The second-order valence-electron chi connectivity index (χ2n) is 7.83. The Morgan fingerprint density at radius 2 is 2.06 bits per heavy atom. The van der Waals surface area contributed by atoms with Crippen LogP contribution in [0.25, 0.3) is 11.0 Å². The second kappa shape index (κ2) is 9.20. The number of aromatic nitrogens is 2. The van der Waals surface area contributed by atoms with Crippen molar-refractivity contribution < 1.29 is 9.53 Å². The molecule has 7 nitrogen and oxygen atoms in total. The molecule has 3 aromatic rings. The third-order valence-electron chi connectivity index (χ3n) is 5.84. The fourth-order valence-corrected chi connectivity index (χ4v) is 4.20. The third kappa shape index (κ3) is 4.40. The Hall–Kier alpha value is -3.35. The van der Waals surface area contributed by atoms with E-state index in [4.69, 9.17) is 4.74 Å². The lowest BCUT2D eigenvalue weighted by atomic mass is 9.97. The fraction of sp³-hybridized carbons (Fsp3) is 0.375. The third-order valence-corrected chi connectivity index (χ3v) is 5.84. The topological polar surface area (TPSA) is 76.5 Å². The normalized spacial score (nSPS) is 16.3. The Bertz CT molecular complexity index is 1140. The minimum absolute atomic E-state index is 0.00382. The molecule has 0 bridgehead atoms. The highest BCUT2D eigenvalue weighted by Gasteiger charge is 2.28. The zero-order chi connectivity index (χ0) is 21.8. The summed E-state index contributed by atoms with van der Waals surface area (Å²) in [6.07, 6.45) is 1.65. The Morgan fingerprint density at radius 3 is 2.87 bits per heavy atom. The number of hydrogen-bond donors (Lipinski definition) is 1. The van der Waals surface area contributed by atoms with E-state index < -0.39 is 0 Å². The number of fused-ring (bicyclic) bond motifs is 1. The number of rotatable bonds is 6. The Balaban J connectivity index is 1.50. The Labute approximate surface area is 181 Å². The molecule has 1 N–H and O–H groups in total. The van der Waals surface area contributed by atoms with Crippen molar-refractivity contribution in [2.24, 2.45) is 5.92 Å². The highest BCUT2D eigenvalue weighted by molar-refractivity contribution is 5.80. The molecule has 7 heteroatoms. The molecule has 0 spiro atoms. The monoisotopic (exact) mass is 420 g/mol. The van der Waals surface area contributed by atoms with Gasteiger partial charge in [0, 0.05) is 26.2 Å². The van der Waals surface area contributed by atoms with E-state index >= 15 is 0 Å². The van der Waals surface area contributed by atoms with E-state index in [1.165, 1.54) is 0 Å². The number of piperidine rings is 1. The summed E-state index contributed by atoms with van der Waals surface area (Å²) in [5, 5.41) is 3.03. The molecule has 1 aliphatic heterocycles. The number of ether oxygens (including phenoxy) is 1. The summed E-state index contributed by atoms with van der Waals surface area (Å²) >= 11 is 0. The number of carbonyl (C=O) groups is 1. The lowest BCUT2D eigenvalue weighted by Gasteiger charge is -2.32. The molecule has 1 saturated heterocycles. The van der Waals surface area contributed by atoms with E-state index in [2.05, 4.69) is 10.3 Å². The maximum Gasteiger partial charge on any atom is 0.293 e. The van der Waals surface area contributed by atoms with Gasteiger partial charge in [0.1, 0.15) is 5.75 Å². The average Bonchev–Trinajstić information content (AvgIpc) is 2.82. The molecular weight excluding hydrogens is 392 g/mol. The average molecular weight is 421 g/mol. The maximum absolute atomic E-state index is 13.1. The Kier molecular flexibility index (Phi) is 6.21. The van der Waals surface area contributed by atoms with Crippen molar-refractivity contribution >= 4 is 22.8 Å². The van der Waals surface area contributed by atoms with E-state index in [-0.39, 0.29) is 17.4 Å². The first-order chi connectivity index (χ1) is 15.1. The summed E-state index contributed by atoms with van der Waals surface area (Å²) in [4.78, 5) is 32.6. The first kappa shape index (κ1) is 20.9. The van der Waals surface area contributed by atoms with Crippen LogP contribution in [-0.4, -0.2) is 35.7 Å². The summed E-state index contributed by atoms with van der Waals surface area (Å²) in [7, 11) is 1.63. The molecule has 2 aromatic carbocycles. The number of nitrogens with zero attached hydrogens (tertiary/aromatic N) is 3. The molecule has 0 saturated carbocycles. The number of carbonyl (C=O) groups excluding carboxylic acids is 1. The molecular formula is C24H28N4O3. The van der Waals surface area contributed by atoms with Crippen LogP contribution in [0.1, 0.15) is 25.3 Å². The smallest absolute Gasteiger partial charge is 0.293 e. The quantitative estimate of drug-likeness (QED) is 0.664. The highest BCUT2D eigenvalue weighted by atomic mass is 16.5. The van der Waals surface area contributed by atoms with Gasteiger partial charge in [0.2, 0.25) is 5.91 Å². The highest BCUT2D eigenvalue weighted by Crippen LogP contribution is 2.22. The van der Waals surface area contributed by atoms with Gasteiger partial charge in [-0.1, -0.05) is 24.3 Å². The van der Waals surface area contributed by atoms with Gasteiger partial charge in [0.15, 0.2) is 5.82 Å². The van der Waals surface area contributed by atoms with E-state index in [0.717, 1.165) is 41.7 Å². The molecule has 162 valence electrons. The van der Waals surface area contributed by atoms with Crippen molar-refractivity contribution in [2.45, 2.75) is 32.9 Å². The van der Waals surface area contributed by atoms with Crippen molar-refractivity contribution in [3.8, 4) is 5.75 Å². The second-order valence-corrected chi connectivity index (χ2v) is 7.83. The molecule has 1 aromatic heterocycles. The van der Waals surface area contributed by atoms with Crippen LogP contribution in [0.4, 0.5) is 5.82 Å². The number of para-hydroxylation sites is 2. The standard InChI is InChI=1S/C24H28N4O3/c1-3-28-21-12-5-4-11-20(21)26-22(24(28)30)27-13-7-9-18(16-27)23(29)25-15-17-8-6-10-19(14-17)31-2/h4-6,8,10-12,14,18H,3,7,9,13,15-16H2,1-2H3,(H,25,29). The van der Waals surface area contributed by atoms with Crippen molar-refractivity contribution in [3.05, 3.63) is 64.4 Å². The first-order valence-electron chi connectivity index (χ1n) is 10.8. The zero-order valence-corrected chi connectivity index (χ0v) is 18.0. The number of aryl methyl sites for hydroxylation is 1. The molecule has 4 rings (SSSR count). The molecule has 1 atom stereocenters. The van der Waals surface area contributed by atoms with Crippen molar-refractivity contribution in [1.29, 1.82) is 0 Å². The van der Waals surface area contributed by atoms with Crippen LogP contribution in [-0.2, 0) is 17.9 Å². The van der Waals surface area contributed by atoms with Gasteiger partial charge in [0.25, 0.3) is 5.56 Å². The molecule has 1 amide bonds. The molecule has 0 aliphatic carbocycles. The molecule has 1 fully saturated rings. The fourth-order valence-electron chi connectivity index (χ4n) is 4.20. The molecule has 2 heterocycles. The van der Waals surface area contributed by atoms with Gasteiger partial charge in [-0.2, -0.15) is 0 Å². The number of hydrogen-bond acceptors (Lipinski definition) is 5. The van der Waals surface area contributed by atoms with Crippen molar-refractivity contribution in [3.63, 3.8) is 0 Å². The van der Waals surface area contributed by atoms with Crippen molar-refractivity contribution in [2.75, 3.05) is 25.1 Å². The van der Waals surface area contributed by atoms with Gasteiger partial charge >= 0.3 is 0 Å². The van der Waals surface area contributed by atoms with Crippen molar-refractivity contribution in [1.82, 2.24) is 14.9 Å². The summed E-state index contributed by atoms with van der Waals surface area (Å²) in [5.41, 5.74) is 2.52. The van der Waals surface area contributed by atoms with Crippen LogP contribution in [0, 0.1) is 5.92 Å². The van der Waals surface area contributed by atoms with Gasteiger partial charge in [0.05, 0.1) is 24.1 Å². The van der Waals surface area contributed by atoms with Crippen LogP contribution in [0.15, 0.2) is 53.3 Å². The predicted octanol–water partition coefficient (Wildman–Crippen LogP) is 2.96. The zero-order valence-electron chi connectivity index (χ0n) is 18.0. The molecule has 1 aliphatic rings. The SMILES string of the molecule is CCn1c(=O)c(N2CCCC(C(=O)NCc3cccc(OC)c3)C2)nc2ccccc21. The lowest BCUT2D eigenvalue weighted by Crippen LogP contribution is -2.45. The number of amides is 1. The largest absolute Gasteiger partial charge is 0.497 e. The van der Waals surface area contributed by atoms with E-state index in [9.17, 15) is 9.59 Å². The molecule has 0 radical (unpaired) electrons. The van der Waals surface area contributed by atoms with E-state index in [1.807, 2.05) is 60.4 Å². The van der Waals surface area contributed by atoms with Gasteiger partial charge < -0.3 is 19.5 Å². The van der Waals surface area contributed by atoms with Gasteiger partial charge in [-0.3, -0.25) is 9.59 Å². The van der Waals surface area contributed by atoms with Crippen LogP contribution in [0.2, 0.25) is 0 Å². The minimum atomic E-state index is -0.179.